The summed E-state index contributed by atoms with van der Waals surface area (Å²) in [7, 11) is 0. The van der Waals surface area contributed by atoms with Gasteiger partial charge in [-0.3, -0.25) is 9.59 Å². The minimum Gasteiger partial charge on any atom is -0.452 e. The van der Waals surface area contributed by atoms with Crippen molar-refractivity contribution in [2.45, 2.75) is 26.2 Å². The third-order valence-electron chi connectivity index (χ3n) is 4.43. The zero-order chi connectivity index (χ0) is 19.6. The number of benzene rings is 1. The SMILES string of the molecule is C[C@H]1CCc2c(sc(NC(=O)COC(=O)c3ccc(F)cc3)c2C(N)=O)C1. The monoisotopic (exact) mass is 390 g/mol. The van der Waals surface area contributed by atoms with E-state index < -0.39 is 30.2 Å². The van der Waals surface area contributed by atoms with Gasteiger partial charge >= 0.3 is 5.97 Å². The van der Waals surface area contributed by atoms with Gasteiger partial charge in [0, 0.05) is 4.88 Å². The number of hydrogen-bond donors (Lipinski definition) is 2. The Hall–Kier alpha value is -2.74. The van der Waals surface area contributed by atoms with Crippen molar-refractivity contribution in [2.75, 3.05) is 11.9 Å². The van der Waals surface area contributed by atoms with Gasteiger partial charge < -0.3 is 15.8 Å². The number of nitrogens with two attached hydrogens (primary N) is 1. The highest BCUT2D eigenvalue weighted by Crippen LogP contribution is 2.39. The molecule has 8 heteroatoms. The largest absolute Gasteiger partial charge is 0.452 e. The van der Waals surface area contributed by atoms with Gasteiger partial charge in [0.2, 0.25) is 0 Å². The fourth-order valence-corrected chi connectivity index (χ4v) is 4.49. The van der Waals surface area contributed by atoms with E-state index in [2.05, 4.69) is 12.2 Å². The maximum absolute atomic E-state index is 12.9. The van der Waals surface area contributed by atoms with E-state index in [0.717, 1.165) is 41.8 Å². The van der Waals surface area contributed by atoms with Crippen LogP contribution in [0.15, 0.2) is 24.3 Å². The standard InChI is InChI=1S/C19H19FN2O4S/c1-10-2-7-13-14(8-10)27-18(16(13)17(21)24)22-15(23)9-26-19(25)11-3-5-12(20)6-4-11/h3-6,10H,2,7-9H2,1H3,(H2,21,24)(H,22,23)/t10-/m0/s1. The first-order chi connectivity index (χ1) is 12.8. The predicted molar refractivity (Wildman–Crippen MR) is 99.3 cm³/mol. The van der Waals surface area contributed by atoms with E-state index in [1.165, 1.54) is 23.5 Å². The second kappa shape index (κ2) is 7.87. The van der Waals surface area contributed by atoms with E-state index >= 15 is 0 Å². The van der Waals surface area contributed by atoms with E-state index in [9.17, 15) is 18.8 Å². The zero-order valence-electron chi connectivity index (χ0n) is 14.7. The lowest BCUT2D eigenvalue weighted by molar-refractivity contribution is -0.119. The summed E-state index contributed by atoms with van der Waals surface area (Å²) in [6.45, 7) is 1.62. The van der Waals surface area contributed by atoms with Crippen molar-refractivity contribution in [3.63, 3.8) is 0 Å². The molecule has 0 bridgehead atoms. The van der Waals surface area contributed by atoms with Gasteiger partial charge in [0.1, 0.15) is 10.8 Å². The number of hydrogen-bond acceptors (Lipinski definition) is 5. The summed E-state index contributed by atoms with van der Waals surface area (Å²) >= 11 is 1.34. The van der Waals surface area contributed by atoms with Crippen LogP contribution in [0.1, 0.15) is 44.5 Å². The Balaban J connectivity index is 1.66. The molecule has 1 atom stereocenters. The molecule has 0 fully saturated rings. The molecule has 0 unspecified atom stereocenters. The van der Waals surface area contributed by atoms with Crippen molar-refractivity contribution >= 4 is 34.1 Å². The van der Waals surface area contributed by atoms with Crippen LogP contribution in [0.5, 0.6) is 0 Å². The number of carbonyl (C=O) groups is 3. The van der Waals surface area contributed by atoms with Gasteiger partial charge in [-0.15, -0.1) is 11.3 Å². The number of esters is 1. The number of ether oxygens (including phenoxy) is 1. The van der Waals surface area contributed by atoms with Crippen LogP contribution in [-0.4, -0.2) is 24.4 Å². The molecule has 1 aliphatic rings. The third-order valence-corrected chi connectivity index (χ3v) is 5.60. The van der Waals surface area contributed by atoms with Crippen LogP contribution in [0.4, 0.5) is 9.39 Å². The number of rotatable bonds is 5. The Morgan fingerprint density at radius 1 is 1.30 bits per heavy atom. The van der Waals surface area contributed by atoms with Gasteiger partial charge in [0.05, 0.1) is 11.1 Å². The van der Waals surface area contributed by atoms with Gasteiger partial charge in [0.25, 0.3) is 11.8 Å². The number of primary amides is 1. The van der Waals surface area contributed by atoms with Gasteiger partial charge in [-0.25, -0.2) is 9.18 Å². The number of halogens is 1. The highest BCUT2D eigenvalue weighted by molar-refractivity contribution is 7.17. The average Bonchev–Trinajstić information content (AvgIpc) is 2.97. The summed E-state index contributed by atoms with van der Waals surface area (Å²) in [5, 5.41) is 3.01. The highest BCUT2D eigenvalue weighted by atomic mass is 32.1. The fraction of sp³-hybridized carbons (Fsp3) is 0.316. The molecule has 3 N–H and O–H groups in total. The number of fused-ring (bicyclic) bond motifs is 1. The average molecular weight is 390 g/mol. The maximum Gasteiger partial charge on any atom is 0.338 e. The second-order valence-electron chi connectivity index (χ2n) is 6.55. The topological polar surface area (TPSA) is 98.5 Å². The van der Waals surface area contributed by atoms with E-state index in [-0.39, 0.29) is 5.56 Å². The number of thiophene rings is 1. The Bertz CT molecular complexity index is 892. The van der Waals surface area contributed by atoms with Crippen molar-refractivity contribution in [1.82, 2.24) is 0 Å². The molecular weight excluding hydrogens is 371 g/mol. The van der Waals surface area contributed by atoms with Crippen LogP contribution in [0.3, 0.4) is 0 Å². The molecule has 1 aromatic carbocycles. The van der Waals surface area contributed by atoms with Gasteiger partial charge in [-0.1, -0.05) is 6.92 Å². The summed E-state index contributed by atoms with van der Waals surface area (Å²) in [5.41, 5.74) is 6.90. The summed E-state index contributed by atoms with van der Waals surface area (Å²) in [5.74, 6) is -1.85. The molecule has 3 rings (SSSR count). The lowest BCUT2D eigenvalue weighted by Gasteiger charge is -2.18. The summed E-state index contributed by atoms with van der Waals surface area (Å²) < 4.78 is 17.8. The van der Waals surface area contributed by atoms with Gasteiger partial charge in [0.15, 0.2) is 6.61 Å². The molecule has 2 amide bonds. The molecule has 0 saturated heterocycles. The second-order valence-corrected chi connectivity index (χ2v) is 7.66. The summed E-state index contributed by atoms with van der Waals surface area (Å²) in [4.78, 5) is 37.0. The molecule has 6 nitrogen and oxygen atoms in total. The Kier molecular flexibility index (Phi) is 5.55. The lowest BCUT2D eigenvalue weighted by Crippen LogP contribution is -2.23. The summed E-state index contributed by atoms with van der Waals surface area (Å²) in [6.07, 6.45) is 2.56. The van der Waals surface area contributed by atoms with Crippen LogP contribution in [0.2, 0.25) is 0 Å². The Morgan fingerprint density at radius 3 is 2.67 bits per heavy atom. The van der Waals surface area contributed by atoms with Crippen LogP contribution in [0, 0.1) is 11.7 Å². The van der Waals surface area contributed by atoms with Crippen LogP contribution >= 0.6 is 11.3 Å². The van der Waals surface area contributed by atoms with Crippen LogP contribution in [-0.2, 0) is 22.4 Å². The maximum atomic E-state index is 12.9. The zero-order valence-corrected chi connectivity index (χ0v) is 15.5. The van der Waals surface area contributed by atoms with Crippen molar-refractivity contribution in [2.24, 2.45) is 11.7 Å². The highest BCUT2D eigenvalue weighted by Gasteiger charge is 2.27. The normalized spacial score (nSPS) is 15.7. The molecular formula is C19H19FN2O4S. The smallest absolute Gasteiger partial charge is 0.338 e. The van der Waals surface area contributed by atoms with E-state index in [1.54, 1.807) is 0 Å². The number of carbonyl (C=O) groups excluding carboxylic acids is 3. The van der Waals surface area contributed by atoms with E-state index in [4.69, 9.17) is 10.5 Å². The van der Waals surface area contributed by atoms with Crippen molar-refractivity contribution in [3.05, 3.63) is 51.7 Å². The first-order valence-electron chi connectivity index (χ1n) is 8.52. The third kappa shape index (κ3) is 4.33. The minimum absolute atomic E-state index is 0.141. The fourth-order valence-electron chi connectivity index (χ4n) is 3.06. The van der Waals surface area contributed by atoms with Gasteiger partial charge in [-0.05, 0) is 55.0 Å². The molecule has 0 aliphatic heterocycles. The lowest BCUT2D eigenvalue weighted by atomic mass is 9.88. The molecule has 1 heterocycles. The first kappa shape index (κ1) is 19.0. The Labute approximate surface area is 159 Å². The van der Waals surface area contributed by atoms with Crippen molar-refractivity contribution in [3.8, 4) is 0 Å². The minimum atomic E-state index is -0.737. The van der Waals surface area contributed by atoms with E-state index in [1.807, 2.05) is 0 Å². The number of amides is 2. The molecule has 1 aliphatic carbocycles. The number of anilines is 1. The predicted octanol–water partition coefficient (Wildman–Crippen LogP) is 2.91. The molecule has 142 valence electrons. The molecule has 27 heavy (non-hydrogen) atoms. The van der Waals surface area contributed by atoms with Crippen molar-refractivity contribution < 1.29 is 23.5 Å². The molecule has 1 aromatic heterocycles. The molecule has 0 spiro atoms. The summed E-state index contributed by atoms with van der Waals surface area (Å²) in [6, 6.07) is 4.81. The number of nitrogens with one attached hydrogen (secondary N) is 1. The first-order valence-corrected chi connectivity index (χ1v) is 9.33. The molecule has 0 radical (unpaired) electrons. The van der Waals surface area contributed by atoms with Gasteiger partial charge in [-0.2, -0.15) is 0 Å². The molecule has 2 aromatic rings. The Morgan fingerprint density at radius 2 is 2.00 bits per heavy atom. The van der Waals surface area contributed by atoms with E-state index in [0.29, 0.717) is 16.5 Å². The molecule has 0 saturated carbocycles. The quantitative estimate of drug-likeness (QED) is 0.767. The van der Waals surface area contributed by atoms with Crippen LogP contribution in [0.25, 0.3) is 0 Å². The van der Waals surface area contributed by atoms with Crippen molar-refractivity contribution in [1.29, 1.82) is 0 Å². The van der Waals surface area contributed by atoms with Crippen LogP contribution < -0.4 is 11.1 Å².